The molecular formula is C7HF13O3S. The van der Waals surface area contributed by atoms with Gasteiger partial charge in [-0.2, -0.15) is 61.1 Å². The van der Waals surface area contributed by atoms with Gasteiger partial charge in [0, 0.05) is 0 Å². The van der Waals surface area contributed by atoms with Crippen LogP contribution in [0.5, 0.6) is 0 Å². The maximum absolute atomic E-state index is 12.8. The molecule has 0 aliphatic heterocycles. The fourth-order valence-electron chi connectivity index (χ4n) is 0.942. The summed E-state index contributed by atoms with van der Waals surface area (Å²) in [4.78, 5) is 0. The van der Waals surface area contributed by atoms with E-state index in [1.54, 1.807) is 0 Å². The minimum absolute atomic E-state index is 4.65. The van der Waals surface area contributed by atoms with Crippen LogP contribution in [-0.4, -0.2) is 42.2 Å². The molecule has 0 aromatic carbocycles. The molecule has 0 atom stereocenters. The van der Waals surface area contributed by atoms with Crippen LogP contribution in [0, 0.1) is 0 Å². The van der Waals surface area contributed by atoms with E-state index < -0.39 is 51.0 Å². The van der Waals surface area contributed by atoms with Gasteiger partial charge in [0.05, 0.1) is 0 Å². The van der Waals surface area contributed by atoms with Crippen LogP contribution >= 0.6 is 0 Å². The van der Waals surface area contributed by atoms with Gasteiger partial charge >= 0.3 is 39.3 Å². The van der Waals surface area contributed by atoms with Crippen LogP contribution < -0.4 is 0 Å². The van der Waals surface area contributed by atoms with E-state index in [0.29, 0.717) is 0 Å². The highest BCUT2D eigenvalue weighted by atomic mass is 32.2. The second-order valence-corrected chi connectivity index (χ2v) is 5.30. The smallest absolute Gasteiger partial charge is 0.281 e. The van der Waals surface area contributed by atoms with Gasteiger partial charge in [0.15, 0.2) is 0 Å². The number of allylic oxidation sites excluding steroid dienone is 2. The van der Waals surface area contributed by atoms with E-state index in [2.05, 4.69) is 0 Å². The molecule has 1 N–H and O–H groups in total. The zero-order chi connectivity index (χ0) is 20.2. The van der Waals surface area contributed by atoms with Crippen LogP contribution in [0.2, 0.25) is 0 Å². The first-order valence-corrected chi connectivity index (χ1v) is 6.12. The monoisotopic (exact) mass is 412 g/mol. The van der Waals surface area contributed by atoms with Crippen molar-refractivity contribution in [2.75, 3.05) is 0 Å². The Kier molecular flexibility index (Phi) is 5.34. The largest absolute Gasteiger partial charge is 0.445 e. The Bertz CT molecular complexity index is 628. The molecule has 0 bridgehead atoms. The van der Waals surface area contributed by atoms with Crippen LogP contribution in [0.15, 0.2) is 11.7 Å². The summed E-state index contributed by atoms with van der Waals surface area (Å²) in [7, 11) is -7.53. The third kappa shape index (κ3) is 3.14. The van der Waals surface area contributed by atoms with Gasteiger partial charge in [-0.3, -0.25) is 4.55 Å². The van der Waals surface area contributed by atoms with Crippen LogP contribution in [0.4, 0.5) is 57.1 Å². The molecule has 0 radical (unpaired) electrons. The molecule has 24 heavy (non-hydrogen) atoms. The lowest BCUT2D eigenvalue weighted by atomic mass is 10.0. The maximum Gasteiger partial charge on any atom is 0.445 e. The molecule has 0 amide bonds. The van der Waals surface area contributed by atoms with Gasteiger partial charge in [-0.05, 0) is 0 Å². The zero-order valence-electron chi connectivity index (χ0n) is 10.1. The summed E-state index contributed by atoms with van der Waals surface area (Å²) >= 11 is 0. The molecule has 0 aromatic rings. The summed E-state index contributed by atoms with van der Waals surface area (Å²) in [5, 5.41) is -7.40. The van der Waals surface area contributed by atoms with E-state index in [4.69, 9.17) is 4.55 Å². The highest BCUT2D eigenvalue weighted by molar-refractivity contribution is 7.87. The first-order chi connectivity index (χ1) is 10.1. The highest BCUT2D eigenvalue weighted by Gasteiger charge is 2.86. The normalized spacial score (nSPS) is 16.9. The summed E-state index contributed by atoms with van der Waals surface area (Å²) in [5.74, 6) is -32.9. The Hall–Kier alpha value is -1.26. The van der Waals surface area contributed by atoms with Crippen LogP contribution in [0.1, 0.15) is 0 Å². The average Bonchev–Trinajstić information content (AvgIpc) is 2.33. The average molecular weight is 412 g/mol. The van der Waals surface area contributed by atoms with Gasteiger partial charge in [0.25, 0.3) is 0 Å². The van der Waals surface area contributed by atoms with Crippen molar-refractivity contribution in [1.29, 1.82) is 0 Å². The minimum atomic E-state index is -7.92. The molecule has 0 spiro atoms. The number of rotatable bonds is 5. The summed E-state index contributed by atoms with van der Waals surface area (Å²) in [6.45, 7) is 0. The van der Waals surface area contributed by atoms with E-state index >= 15 is 0 Å². The molecule has 17 heteroatoms. The van der Waals surface area contributed by atoms with E-state index in [-0.39, 0.29) is 0 Å². The summed E-state index contributed by atoms with van der Waals surface area (Å²) in [6, 6.07) is 0. The molecule has 0 fully saturated rings. The van der Waals surface area contributed by atoms with Gasteiger partial charge in [-0.15, -0.1) is 0 Å². The van der Waals surface area contributed by atoms with E-state index in [9.17, 15) is 65.5 Å². The molecule has 0 aliphatic carbocycles. The van der Waals surface area contributed by atoms with Gasteiger partial charge in [-0.25, -0.2) is 4.39 Å². The molecule has 0 aliphatic rings. The van der Waals surface area contributed by atoms with E-state index in [1.165, 1.54) is 0 Å². The van der Waals surface area contributed by atoms with Crippen molar-refractivity contribution in [3.05, 3.63) is 11.7 Å². The van der Waals surface area contributed by atoms with Crippen LogP contribution in [0.3, 0.4) is 0 Å². The Morgan fingerprint density at radius 2 is 1.00 bits per heavy atom. The molecular weight excluding hydrogens is 411 g/mol. The van der Waals surface area contributed by atoms with Crippen LogP contribution in [0.25, 0.3) is 0 Å². The van der Waals surface area contributed by atoms with Crippen molar-refractivity contribution >= 4 is 10.1 Å². The topological polar surface area (TPSA) is 54.4 Å². The quantitative estimate of drug-likeness (QED) is 0.547. The second-order valence-electron chi connectivity index (χ2n) is 3.84. The lowest BCUT2D eigenvalue weighted by Crippen LogP contribution is -2.64. The predicted octanol–water partition coefficient (Wildman–Crippen LogP) is 4.09. The molecule has 0 aromatic heterocycles. The van der Waals surface area contributed by atoms with Gasteiger partial charge in [0.1, 0.15) is 0 Å². The van der Waals surface area contributed by atoms with Crippen molar-refractivity contribution in [3.63, 3.8) is 0 Å². The number of hydrogen-bond donors (Lipinski definition) is 1. The van der Waals surface area contributed by atoms with Crippen molar-refractivity contribution in [2.45, 2.75) is 29.2 Å². The van der Waals surface area contributed by atoms with Crippen LogP contribution in [-0.2, 0) is 10.1 Å². The maximum atomic E-state index is 12.8. The molecule has 0 rings (SSSR count). The van der Waals surface area contributed by atoms with Gasteiger partial charge < -0.3 is 0 Å². The number of halogens is 13. The minimum Gasteiger partial charge on any atom is -0.281 e. The van der Waals surface area contributed by atoms with Crippen molar-refractivity contribution in [2.24, 2.45) is 0 Å². The molecule has 0 unspecified atom stereocenters. The standard InChI is InChI=1S/C7HF13O3S/c8-1(2(9)4(12,13)14)3(10,11)5(15,16)6(17,18)7(19,20)24(21,22)23/h(H,21,22,23)/b2-1+. The summed E-state index contributed by atoms with van der Waals surface area (Å²) in [6.07, 6.45) is -6.73. The molecule has 144 valence electrons. The molecule has 0 heterocycles. The SMILES string of the molecule is O=S(=O)(O)C(F)(F)C(F)(F)C(F)(F)C(F)(F)/C(F)=C(\F)C(F)(F)F. The third-order valence-electron chi connectivity index (χ3n) is 2.20. The molecule has 0 saturated heterocycles. The van der Waals surface area contributed by atoms with Gasteiger partial charge in [0.2, 0.25) is 11.7 Å². The Morgan fingerprint density at radius 1 is 0.667 bits per heavy atom. The predicted molar refractivity (Wildman–Crippen MR) is 46.6 cm³/mol. The molecule has 3 nitrogen and oxygen atoms in total. The second kappa shape index (κ2) is 5.63. The van der Waals surface area contributed by atoms with Crippen molar-refractivity contribution in [3.8, 4) is 0 Å². The van der Waals surface area contributed by atoms with E-state index in [1.807, 2.05) is 0 Å². The highest BCUT2D eigenvalue weighted by Crippen LogP contribution is 2.57. The Morgan fingerprint density at radius 3 is 1.25 bits per heavy atom. The third-order valence-corrected chi connectivity index (χ3v) is 3.10. The Balaban J connectivity index is 6.53. The zero-order valence-corrected chi connectivity index (χ0v) is 10.9. The summed E-state index contributed by atoms with van der Waals surface area (Å²) < 4.78 is 189. The first kappa shape index (κ1) is 22.7. The first-order valence-electron chi connectivity index (χ1n) is 4.68. The summed E-state index contributed by atoms with van der Waals surface area (Å²) in [5.41, 5.74) is 0. The van der Waals surface area contributed by atoms with Gasteiger partial charge in [-0.1, -0.05) is 0 Å². The lowest BCUT2D eigenvalue weighted by molar-refractivity contribution is -0.342. The number of alkyl halides is 11. The van der Waals surface area contributed by atoms with Crippen molar-refractivity contribution in [1.82, 2.24) is 0 Å². The fraction of sp³-hybridized carbons (Fsp3) is 0.714. The molecule has 0 saturated carbocycles. The number of hydrogen-bond acceptors (Lipinski definition) is 2. The fourth-order valence-corrected chi connectivity index (χ4v) is 1.39. The lowest BCUT2D eigenvalue weighted by Gasteiger charge is -2.34. The van der Waals surface area contributed by atoms with Crippen molar-refractivity contribution < 1.29 is 70.0 Å². The Labute approximate surface area is 122 Å². The van der Waals surface area contributed by atoms with E-state index in [0.717, 1.165) is 0 Å².